The third kappa shape index (κ3) is 6.56. The summed E-state index contributed by atoms with van der Waals surface area (Å²) in [7, 11) is 1.58. The molecule has 3 aromatic rings. The van der Waals surface area contributed by atoms with Crippen LogP contribution in [0.15, 0.2) is 63.5 Å². The maximum atomic E-state index is 13.9. The standard InChI is InChI=1S/C32H35N3O8S/c1-5-41-25-17-21(7-12-24(25)43-19-27(36)34-13-15-40-16-14-34)18-26-30(37)35-29(22-8-10-23(39-4)11-9-22)28(31(38)42-6-2)20(3)33-32(35)44-26/h7-12,17-18,29H,5-6,13-16,19H2,1-4H3/b26-18+/t29-/m0/s1. The number of benzene rings is 2. The van der Waals surface area contributed by atoms with Crippen LogP contribution in [0, 0.1) is 0 Å². The number of fused-ring (bicyclic) bond motifs is 1. The van der Waals surface area contributed by atoms with Crippen molar-refractivity contribution in [1.82, 2.24) is 9.47 Å². The first-order chi connectivity index (χ1) is 21.3. The number of ether oxygens (including phenoxy) is 5. The number of hydrogen-bond acceptors (Lipinski definition) is 10. The molecule has 0 spiro atoms. The molecule has 0 aliphatic carbocycles. The molecule has 1 atom stereocenters. The Labute approximate surface area is 258 Å². The molecule has 0 unspecified atom stereocenters. The van der Waals surface area contributed by atoms with Crippen molar-refractivity contribution in [3.05, 3.63) is 84.5 Å². The Morgan fingerprint density at radius 1 is 1.05 bits per heavy atom. The summed E-state index contributed by atoms with van der Waals surface area (Å²) in [6, 6.07) is 11.8. The molecule has 1 amide bonds. The van der Waals surface area contributed by atoms with Gasteiger partial charge in [-0.15, -0.1) is 0 Å². The minimum absolute atomic E-state index is 0.120. The largest absolute Gasteiger partial charge is 0.497 e. The second-order valence-corrected chi connectivity index (χ2v) is 11.0. The van der Waals surface area contributed by atoms with E-state index in [2.05, 4.69) is 4.99 Å². The van der Waals surface area contributed by atoms with Gasteiger partial charge in [0.15, 0.2) is 22.9 Å². The fraction of sp³-hybridized carbons (Fsp3) is 0.375. The minimum Gasteiger partial charge on any atom is -0.497 e. The van der Waals surface area contributed by atoms with Crippen molar-refractivity contribution in [3.63, 3.8) is 0 Å². The van der Waals surface area contributed by atoms with Crippen molar-refractivity contribution in [3.8, 4) is 17.2 Å². The zero-order chi connectivity index (χ0) is 31.2. The van der Waals surface area contributed by atoms with E-state index in [1.54, 1.807) is 62.3 Å². The lowest BCUT2D eigenvalue weighted by atomic mass is 9.96. The molecule has 2 aliphatic heterocycles. The molecule has 0 bridgehead atoms. The fourth-order valence-corrected chi connectivity index (χ4v) is 6.14. The number of methoxy groups -OCH3 is 1. The molecule has 1 aromatic heterocycles. The molecule has 0 radical (unpaired) electrons. The molecule has 1 fully saturated rings. The maximum absolute atomic E-state index is 13.9. The number of rotatable bonds is 10. The van der Waals surface area contributed by atoms with Gasteiger partial charge in [-0.05, 0) is 62.2 Å². The van der Waals surface area contributed by atoms with Crippen LogP contribution >= 0.6 is 11.3 Å². The van der Waals surface area contributed by atoms with E-state index in [0.29, 0.717) is 76.3 Å². The molecule has 12 heteroatoms. The maximum Gasteiger partial charge on any atom is 0.338 e. The summed E-state index contributed by atoms with van der Waals surface area (Å²) in [6.07, 6.45) is 1.75. The molecule has 2 aromatic carbocycles. The Morgan fingerprint density at radius 2 is 1.80 bits per heavy atom. The molecule has 1 saturated heterocycles. The van der Waals surface area contributed by atoms with E-state index in [4.69, 9.17) is 23.7 Å². The lowest BCUT2D eigenvalue weighted by Gasteiger charge is -2.26. The summed E-state index contributed by atoms with van der Waals surface area (Å²) in [5, 5.41) is 0. The Hall–Kier alpha value is -4.42. The van der Waals surface area contributed by atoms with Crippen molar-refractivity contribution in [2.24, 2.45) is 4.99 Å². The number of carbonyl (C=O) groups excluding carboxylic acids is 2. The van der Waals surface area contributed by atoms with Crippen molar-refractivity contribution in [2.75, 3.05) is 53.2 Å². The first-order valence-electron chi connectivity index (χ1n) is 14.4. The third-order valence-corrected chi connectivity index (χ3v) is 8.21. The number of aromatic nitrogens is 1. The van der Waals surface area contributed by atoms with Gasteiger partial charge in [0, 0.05) is 13.1 Å². The van der Waals surface area contributed by atoms with Crippen molar-refractivity contribution < 1.29 is 33.3 Å². The smallest absolute Gasteiger partial charge is 0.338 e. The second kappa shape index (κ2) is 13.9. The first kappa shape index (κ1) is 31.0. The number of morpholine rings is 1. The van der Waals surface area contributed by atoms with E-state index >= 15 is 0 Å². The molecular formula is C32H35N3O8S. The van der Waals surface area contributed by atoms with Crippen molar-refractivity contribution in [1.29, 1.82) is 0 Å². The van der Waals surface area contributed by atoms with Gasteiger partial charge in [0.25, 0.3) is 11.5 Å². The van der Waals surface area contributed by atoms with Crippen LogP contribution in [-0.4, -0.2) is 74.6 Å². The molecular weight excluding hydrogens is 586 g/mol. The number of nitrogens with zero attached hydrogens (tertiary/aromatic N) is 3. The predicted molar refractivity (Wildman–Crippen MR) is 164 cm³/mol. The highest BCUT2D eigenvalue weighted by Gasteiger charge is 2.33. The highest BCUT2D eigenvalue weighted by atomic mass is 32.1. The predicted octanol–water partition coefficient (Wildman–Crippen LogP) is 2.44. The number of esters is 1. The summed E-state index contributed by atoms with van der Waals surface area (Å²) in [4.78, 5) is 46.4. The summed E-state index contributed by atoms with van der Waals surface area (Å²) >= 11 is 1.23. The van der Waals surface area contributed by atoms with Crippen LogP contribution in [0.5, 0.6) is 17.2 Å². The van der Waals surface area contributed by atoms with Crippen LogP contribution < -0.4 is 29.1 Å². The SMILES string of the molecule is CCOC(=O)C1=C(C)N=c2s/c(=C/c3ccc(OCC(=O)N4CCOCC4)c(OCC)c3)c(=O)n2[C@H]1c1ccc(OC)cc1. The summed E-state index contributed by atoms with van der Waals surface area (Å²) < 4.78 is 29.6. The number of carbonyl (C=O) groups is 2. The summed E-state index contributed by atoms with van der Waals surface area (Å²) in [5.74, 6) is 0.905. The molecule has 0 saturated carbocycles. The highest BCUT2D eigenvalue weighted by molar-refractivity contribution is 7.07. The molecule has 3 heterocycles. The lowest BCUT2D eigenvalue weighted by Crippen LogP contribution is -2.43. The van der Waals surface area contributed by atoms with Gasteiger partial charge in [-0.25, -0.2) is 9.79 Å². The fourth-order valence-electron chi connectivity index (χ4n) is 5.09. The number of hydrogen-bond donors (Lipinski definition) is 0. The van der Waals surface area contributed by atoms with Gasteiger partial charge in [-0.2, -0.15) is 0 Å². The lowest BCUT2D eigenvalue weighted by molar-refractivity contribution is -0.139. The van der Waals surface area contributed by atoms with E-state index < -0.39 is 12.0 Å². The van der Waals surface area contributed by atoms with E-state index in [1.165, 1.54) is 15.9 Å². The zero-order valence-electron chi connectivity index (χ0n) is 25.2. The van der Waals surface area contributed by atoms with Gasteiger partial charge in [-0.1, -0.05) is 29.5 Å². The van der Waals surface area contributed by atoms with Gasteiger partial charge in [0.2, 0.25) is 0 Å². The third-order valence-electron chi connectivity index (χ3n) is 7.23. The minimum atomic E-state index is -0.725. The Kier molecular flexibility index (Phi) is 9.81. The van der Waals surface area contributed by atoms with E-state index in [9.17, 15) is 14.4 Å². The van der Waals surface area contributed by atoms with Crippen molar-refractivity contribution in [2.45, 2.75) is 26.8 Å². The van der Waals surface area contributed by atoms with Gasteiger partial charge in [0.1, 0.15) is 5.75 Å². The monoisotopic (exact) mass is 621 g/mol. The molecule has 232 valence electrons. The van der Waals surface area contributed by atoms with Gasteiger partial charge in [-0.3, -0.25) is 14.2 Å². The summed E-state index contributed by atoms with van der Waals surface area (Å²) in [5.41, 5.74) is 1.93. The van der Waals surface area contributed by atoms with Crippen LogP contribution in [0.2, 0.25) is 0 Å². The van der Waals surface area contributed by atoms with Gasteiger partial charge >= 0.3 is 5.97 Å². The van der Waals surface area contributed by atoms with E-state index in [1.807, 2.05) is 19.1 Å². The van der Waals surface area contributed by atoms with Crippen molar-refractivity contribution >= 4 is 29.3 Å². The van der Waals surface area contributed by atoms with Crippen LogP contribution in [0.3, 0.4) is 0 Å². The number of allylic oxidation sites excluding steroid dienone is 1. The second-order valence-electron chi connectivity index (χ2n) is 10.00. The number of amides is 1. The van der Waals surface area contributed by atoms with Crippen LogP contribution in [0.25, 0.3) is 6.08 Å². The molecule has 11 nitrogen and oxygen atoms in total. The number of thiazole rings is 1. The highest BCUT2D eigenvalue weighted by Crippen LogP contribution is 2.32. The quantitative estimate of drug-likeness (QED) is 0.317. The zero-order valence-corrected chi connectivity index (χ0v) is 26.0. The van der Waals surface area contributed by atoms with Crippen LogP contribution in [-0.2, 0) is 19.1 Å². The average Bonchev–Trinajstić information content (AvgIpc) is 3.34. The van der Waals surface area contributed by atoms with Gasteiger partial charge < -0.3 is 28.6 Å². The van der Waals surface area contributed by atoms with Crippen LogP contribution in [0.4, 0.5) is 0 Å². The van der Waals surface area contributed by atoms with E-state index in [0.717, 1.165) is 5.56 Å². The van der Waals surface area contributed by atoms with Crippen LogP contribution in [0.1, 0.15) is 37.9 Å². The topological polar surface area (TPSA) is 118 Å². The first-order valence-corrected chi connectivity index (χ1v) is 15.2. The normalized spacial score (nSPS) is 16.7. The molecule has 2 aliphatic rings. The Balaban J connectivity index is 1.50. The van der Waals surface area contributed by atoms with E-state index in [-0.39, 0.29) is 24.7 Å². The van der Waals surface area contributed by atoms with Gasteiger partial charge in [0.05, 0.1) is 55.4 Å². The molecule has 5 rings (SSSR count). The molecule has 0 N–H and O–H groups in total. The molecule has 44 heavy (non-hydrogen) atoms. The summed E-state index contributed by atoms with van der Waals surface area (Å²) in [6.45, 7) is 7.91. The Bertz CT molecular complexity index is 1740. The average molecular weight is 622 g/mol. The Morgan fingerprint density at radius 3 is 2.48 bits per heavy atom.